The SMILES string of the molecule is CNCC(=O)NCCSCc1ccc(Cl)cc1Cl. The van der Waals surface area contributed by atoms with Crippen molar-refractivity contribution in [3.8, 4) is 0 Å². The molecule has 0 heterocycles. The number of halogens is 2. The fraction of sp³-hybridized carbons (Fsp3) is 0.417. The van der Waals surface area contributed by atoms with Crippen LogP contribution in [0.3, 0.4) is 0 Å². The molecule has 0 aliphatic carbocycles. The summed E-state index contributed by atoms with van der Waals surface area (Å²) in [5.41, 5.74) is 1.06. The lowest BCUT2D eigenvalue weighted by Crippen LogP contribution is -2.33. The second-order valence-corrected chi connectivity index (χ2v) is 5.62. The predicted molar refractivity (Wildman–Crippen MR) is 79.6 cm³/mol. The first-order valence-electron chi connectivity index (χ1n) is 5.56. The molecule has 0 atom stereocenters. The van der Waals surface area contributed by atoms with E-state index in [2.05, 4.69) is 10.6 Å². The first kappa shape index (κ1) is 15.6. The predicted octanol–water partition coefficient (Wildman–Crippen LogP) is 2.56. The molecule has 18 heavy (non-hydrogen) atoms. The van der Waals surface area contributed by atoms with Gasteiger partial charge in [0.15, 0.2) is 0 Å². The minimum Gasteiger partial charge on any atom is -0.354 e. The Morgan fingerprint density at radius 1 is 1.39 bits per heavy atom. The molecular weight excluding hydrogens is 291 g/mol. The molecule has 0 fully saturated rings. The summed E-state index contributed by atoms with van der Waals surface area (Å²) in [5.74, 6) is 1.69. The Hall–Kier alpha value is -0.420. The van der Waals surface area contributed by atoms with Gasteiger partial charge < -0.3 is 10.6 Å². The van der Waals surface area contributed by atoms with Crippen molar-refractivity contribution < 1.29 is 4.79 Å². The van der Waals surface area contributed by atoms with Crippen molar-refractivity contribution in [2.45, 2.75) is 5.75 Å². The van der Waals surface area contributed by atoms with Gasteiger partial charge >= 0.3 is 0 Å². The van der Waals surface area contributed by atoms with Gasteiger partial charge in [-0.05, 0) is 24.7 Å². The molecule has 6 heteroatoms. The van der Waals surface area contributed by atoms with Gasteiger partial charge in [-0.2, -0.15) is 11.8 Å². The number of hydrogen-bond donors (Lipinski definition) is 2. The second-order valence-electron chi connectivity index (χ2n) is 3.67. The zero-order valence-corrected chi connectivity index (χ0v) is 12.5. The highest BCUT2D eigenvalue weighted by molar-refractivity contribution is 7.98. The highest BCUT2D eigenvalue weighted by Crippen LogP contribution is 2.24. The molecule has 0 saturated heterocycles. The topological polar surface area (TPSA) is 41.1 Å². The maximum absolute atomic E-state index is 11.1. The van der Waals surface area contributed by atoms with E-state index in [1.807, 2.05) is 12.1 Å². The average Bonchev–Trinajstić information content (AvgIpc) is 2.31. The molecule has 0 spiro atoms. The number of carbonyl (C=O) groups excluding carboxylic acids is 1. The van der Waals surface area contributed by atoms with Crippen molar-refractivity contribution >= 4 is 40.9 Å². The molecular formula is C12H16Cl2N2OS. The fourth-order valence-corrected chi connectivity index (χ4v) is 2.72. The minimum atomic E-state index is 0.0163. The van der Waals surface area contributed by atoms with Crippen LogP contribution in [0.4, 0.5) is 0 Å². The Morgan fingerprint density at radius 3 is 2.83 bits per heavy atom. The number of hydrogen-bond acceptors (Lipinski definition) is 3. The second kappa shape index (κ2) is 8.64. The molecule has 1 rings (SSSR count). The highest BCUT2D eigenvalue weighted by Gasteiger charge is 2.02. The van der Waals surface area contributed by atoms with Crippen molar-refractivity contribution in [1.29, 1.82) is 0 Å². The van der Waals surface area contributed by atoms with Crippen molar-refractivity contribution in [3.05, 3.63) is 33.8 Å². The van der Waals surface area contributed by atoms with E-state index in [9.17, 15) is 4.79 Å². The number of carbonyl (C=O) groups is 1. The quantitative estimate of drug-likeness (QED) is 0.761. The smallest absolute Gasteiger partial charge is 0.233 e. The lowest BCUT2D eigenvalue weighted by Gasteiger charge is -2.06. The van der Waals surface area contributed by atoms with Gasteiger partial charge in [-0.3, -0.25) is 4.79 Å². The molecule has 0 aliphatic heterocycles. The first-order valence-corrected chi connectivity index (χ1v) is 7.47. The summed E-state index contributed by atoms with van der Waals surface area (Å²) in [5, 5.41) is 6.95. The maximum Gasteiger partial charge on any atom is 0.233 e. The number of benzene rings is 1. The van der Waals surface area contributed by atoms with Gasteiger partial charge in [0, 0.05) is 28.1 Å². The molecule has 2 N–H and O–H groups in total. The normalized spacial score (nSPS) is 10.4. The van der Waals surface area contributed by atoms with Crippen LogP contribution in [-0.2, 0) is 10.5 Å². The third-order valence-corrected chi connectivity index (χ3v) is 3.77. The summed E-state index contributed by atoms with van der Waals surface area (Å²) >= 11 is 13.6. The van der Waals surface area contributed by atoms with Gasteiger partial charge in [0.05, 0.1) is 6.54 Å². The molecule has 0 aromatic heterocycles. The van der Waals surface area contributed by atoms with Gasteiger partial charge in [-0.1, -0.05) is 29.3 Å². The monoisotopic (exact) mass is 306 g/mol. The first-order chi connectivity index (χ1) is 8.63. The number of rotatable bonds is 7. The number of thioether (sulfide) groups is 1. The van der Waals surface area contributed by atoms with E-state index < -0.39 is 0 Å². The zero-order chi connectivity index (χ0) is 13.4. The summed E-state index contributed by atoms with van der Waals surface area (Å²) in [6.07, 6.45) is 0. The summed E-state index contributed by atoms with van der Waals surface area (Å²) in [7, 11) is 1.75. The van der Waals surface area contributed by atoms with Crippen LogP contribution in [0.25, 0.3) is 0 Å². The lowest BCUT2D eigenvalue weighted by molar-refractivity contribution is -0.120. The van der Waals surface area contributed by atoms with Crippen LogP contribution < -0.4 is 10.6 Å². The van der Waals surface area contributed by atoms with Crippen LogP contribution in [0.5, 0.6) is 0 Å². The molecule has 1 amide bonds. The van der Waals surface area contributed by atoms with Crippen LogP contribution in [-0.4, -0.2) is 31.8 Å². The lowest BCUT2D eigenvalue weighted by atomic mass is 10.2. The van der Waals surface area contributed by atoms with Crippen LogP contribution in [0.2, 0.25) is 10.0 Å². The average molecular weight is 307 g/mol. The molecule has 0 bridgehead atoms. The summed E-state index contributed by atoms with van der Waals surface area (Å²) < 4.78 is 0. The molecule has 0 unspecified atom stereocenters. The highest BCUT2D eigenvalue weighted by atomic mass is 35.5. The Kier molecular flexibility index (Phi) is 7.51. The van der Waals surface area contributed by atoms with Crippen molar-refractivity contribution in [3.63, 3.8) is 0 Å². The van der Waals surface area contributed by atoms with E-state index in [1.54, 1.807) is 24.9 Å². The van der Waals surface area contributed by atoms with E-state index in [4.69, 9.17) is 23.2 Å². The molecule has 100 valence electrons. The van der Waals surface area contributed by atoms with Crippen molar-refractivity contribution in [2.24, 2.45) is 0 Å². The van der Waals surface area contributed by atoms with E-state index >= 15 is 0 Å². The summed E-state index contributed by atoms with van der Waals surface area (Å²) in [6.45, 7) is 1.02. The van der Waals surface area contributed by atoms with Gasteiger partial charge in [0.25, 0.3) is 0 Å². The molecule has 3 nitrogen and oxygen atoms in total. The fourth-order valence-electron chi connectivity index (χ4n) is 1.31. The molecule has 0 saturated carbocycles. The summed E-state index contributed by atoms with van der Waals surface area (Å²) in [4.78, 5) is 11.1. The third-order valence-electron chi connectivity index (χ3n) is 2.18. The van der Waals surface area contributed by atoms with Gasteiger partial charge in [0.1, 0.15) is 0 Å². The number of amides is 1. The van der Waals surface area contributed by atoms with Gasteiger partial charge in [-0.25, -0.2) is 0 Å². The molecule has 1 aromatic carbocycles. The van der Waals surface area contributed by atoms with Crippen LogP contribution in [0, 0.1) is 0 Å². The van der Waals surface area contributed by atoms with E-state index in [0.717, 1.165) is 17.1 Å². The van der Waals surface area contributed by atoms with Gasteiger partial charge in [0.2, 0.25) is 5.91 Å². The molecule has 0 radical (unpaired) electrons. The van der Waals surface area contributed by atoms with E-state index in [0.29, 0.717) is 23.1 Å². The Bertz CT molecular complexity index is 402. The van der Waals surface area contributed by atoms with Crippen molar-refractivity contribution in [2.75, 3.05) is 25.9 Å². The van der Waals surface area contributed by atoms with Crippen molar-refractivity contribution in [1.82, 2.24) is 10.6 Å². The molecule has 1 aromatic rings. The third kappa shape index (κ3) is 5.96. The Morgan fingerprint density at radius 2 is 2.17 bits per heavy atom. The number of nitrogens with one attached hydrogen (secondary N) is 2. The standard InChI is InChI=1S/C12H16Cl2N2OS/c1-15-7-12(17)16-4-5-18-8-9-2-3-10(13)6-11(9)14/h2-3,6,15H,4-5,7-8H2,1H3,(H,16,17). The maximum atomic E-state index is 11.1. The zero-order valence-electron chi connectivity index (χ0n) is 10.1. The summed E-state index contributed by atoms with van der Waals surface area (Å²) in [6, 6.07) is 5.50. The van der Waals surface area contributed by atoms with E-state index in [-0.39, 0.29) is 5.91 Å². The van der Waals surface area contributed by atoms with E-state index in [1.165, 1.54) is 0 Å². The van der Waals surface area contributed by atoms with Crippen LogP contribution in [0.15, 0.2) is 18.2 Å². The van der Waals surface area contributed by atoms with Gasteiger partial charge in [-0.15, -0.1) is 0 Å². The Labute approximate surface area is 122 Å². The largest absolute Gasteiger partial charge is 0.354 e. The van der Waals surface area contributed by atoms with Crippen LogP contribution in [0.1, 0.15) is 5.56 Å². The number of likely N-dealkylation sites (N-methyl/N-ethyl adjacent to an activating group) is 1. The Balaban J connectivity index is 2.20. The van der Waals surface area contributed by atoms with Crippen LogP contribution >= 0.6 is 35.0 Å². The molecule has 0 aliphatic rings. The minimum absolute atomic E-state index is 0.0163.